The van der Waals surface area contributed by atoms with Gasteiger partial charge in [-0.1, -0.05) is 0 Å². The molecule has 2 aliphatic heterocycles. The smallest absolute Gasteiger partial charge is 0.326 e. The summed E-state index contributed by atoms with van der Waals surface area (Å²) in [6.07, 6.45) is 2.57. The predicted octanol–water partition coefficient (Wildman–Crippen LogP) is 1.70. The van der Waals surface area contributed by atoms with Gasteiger partial charge >= 0.3 is 6.03 Å². The van der Waals surface area contributed by atoms with Crippen LogP contribution < -0.4 is 15.4 Å². The van der Waals surface area contributed by atoms with Gasteiger partial charge in [0.25, 0.3) is 11.6 Å². The number of carbonyl (C=O) groups excluding carboxylic acids is 2. The maximum Gasteiger partial charge on any atom is 0.326 e. The van der Waals surface area contributed by atoms with Crippen molar-refractivity contribution in [2.75, 3.05) is 19.8 Å². The molecule has 10 heteroatoms. The second-order valence-corrected chi connectivity index (χ2v) is 6.23. The molecule has 0 aliphatic carbocycles. The molecule has 0 radical (unpaired) electrons. The molecule has 2 heterocycles. The van der Waals surface area contributed by atoms with Crippen LogP contribution >= 0.6 is 0 Å². The molecular weight excluding hydrogens is 358 g/mol. The zero-order valence-electron chi connectivity index (χ0n) is 14.6. The SMILES string of the molecule is CC1(CCCOc2ccc([N+](=O)[O-])c(/C=C3/NC(=O)NC3=O)c2)OCCO1. The Balaban J connectivity index is 1.68. The summed E-state index contributed by atoms with van der Waals surface area (Å²) < 4.78 is 16.7. The number of hydrogen-bond donors (Lipinski definition) is 2. The number of nitro benzene ring substituents is 1. The predicted molar refractivity (Wildman–Crippen MR) is 92.8 cm³/mol. The topological polar surface area (TPSA) is 129 Å². The number of hydrogen-bond acceptors (Lipinski definition) is 7. The summed E-state index contributed by atoms with van der Waals surface area (Å²) in [6, 6.07) is 3.55. The lowest BCUT2D eigenvalue weighted by Crippen LogP contribution is -2.25. The third-order valence-corrected chi connectivity index (χ3v) is 4.16. The first kappa shape index (κ1) is 18.8. The summed E-state index contributed by atoms with van der Waals surface area (Å²) >= 11 is 0. The number of ether oxygens (including phenoxy) is 3. The van der Waals surface area contributed by atoms with Crippen LogP contribution in [-0.4, -0.2) is 42.5 Å². The van der Waals surface area contributed by atoms with Crippen LogP contribution in [0.3, 0.4) is 0 Å². The normalized spacial score (nSPS) is 19.8. The van der Waals surface area contributed by atoms with E-state index in [-0.39, 0.29) is 16.9 Å². The van der Waals surface area contributed by atoms with Crippen LogP contribution in [0.15, 0.2) is 23.9 Å². The fraction of sp³-hybridized carbons (Fsp3) is 0.412. The fourth-order valence-electron chi connectivity index (χ4n) is 2.83. The fourth-order valence-corrected chi connectivity index (χ4v) is 2.83. The number of amides is 3. The van der Waals surface area contributed by atoms with Crippen molar-refractivity contribution in [1.29, 1.82) is 0 Å². The van der Waals surface area contributed by atoms with Gasteiger partial charge in [-0.2, -0.15) is 0 Å². The third-order valence-electron chi connectivity index (χ3n) is 4.16. The van der Waals surface area contributed by atoms with Crippen LogP contribution in [0.25, 0.3) is 6.08 Å². The summed E-state index contributed by atoms with van der Waals surface area (Å²) in [5.41, 5.74) is -0.118. The maximum atomic E-state index is 11.6. The molecule has 144 valence electrons. The second-order valence-electron chi connectivity index (χ2n) is 6.23. The lowest BCUT2D eigenvalue weighted by atomic mass is 10.1. The number of carbonyl (C=O) groups is 2. The Labute approximate surface area is 154 Å². The number of imide groups is 1. The minimum absolute atomic E-state index is 0.0660. The highest BCUT2D eigenvalue weighted by Crippen LogP contribution is 2.28. The molecule has 1 aromatic rings. The van der Waals surface area contributed by atoms with E-state index in [2.05, 4.69) is 5.32 Å². The van der Waals surface area contributed by atoms with Gasteiger partial charge in [0.15, 0.2) is 5.79 Å². The van der Waals surface area contributed by atoms with E-state index < -0.39 is 22.6 Å². The summed E-state index contributed by atoms with van der Waals surface area (Å²) in [4.78, 5) is 33.5. The van der Waals surface area contributed by atoms with Crippen LogP contribution in [0, 0.1) is 10.1 Å². The van der Waals surface area contributed by atoms with Gasteiger partial charge in [0.2, 0.25) is 0 Å². The molecule has 10 nitrogen and oxygen atoms in total. The van der Waals surface area contributed by atoms with E-state index in [0.717, 1.165) is 0 Å². The quantitative estimate of drug-likeness (QED) is 0.243. The monoisotopic (exact) mass is 377 g/mol. The van der Waals surface area contributed by atoms with Gasteiger partial charge in [0, 0.05) is 12.5 Å². The molecule has 2 fully saturated rings. The Morgan fingerprint density at radius 1 is 1.30 bits per heavy atom. The highest BCUT2D eigenvalue weighted by Gasteiger charge is 2.30. The number of nitro groups is 1. The van der Waals surface area contributed by atoms with E-state index in [1.165, 1.54) is 24.3 Å². The van der Waals surface area contributed by atoms with Crippen LogP contribution in [-0.2, 0) is 14.3 Å². The Kier molecular flexibility index (Phi) is 5.38. The molecule has 0 atom stereocenters. The number of benzene rings is 1. The van der Waals surface area contributed by atoms with Crippen molar-refractivity contribution in [2.45, 2.75) is 25.6 Å². The second kappa shape index (κ2) is 7.72. The number of nitrogens with zero attached hydrogens (tertiary/aromatic N) is 1. The Bertz CT molecular complexity index is 800. The highest BCUT2D eigenvalue weighted by atomic mass is 16.7. The Hall–Kier alpha value is -2.98. The molecule has 2 saturated heterocycles. The van der Waals surface area contributed by atoms with Crippen LogP contribution in [0.5, 0.6) is 5.75 Å². The first-order chi connectivity index (χ1) is 12.9. The van der Waals surface area contributed by atoms with E-state index in [0.29, 0.717) is 38.4 Å². The molecule has 0 unspecified atom stereocenters. The van der Waals surface area contributed by atoms with Gasteiger partial charge in [0.05, 0.1) is 30.3 Å². The average Bonchev–Trinajstić information content (AvgIpc) is 3.17. The van der Waals surface area contributed by atoms with Gasteiger partial charge in [-0.25, -0.2) is 4.79 Å². The Morgan fingerprint density at radius 3 is 2.67 bits per heavy atom. The van der Waals surface area contributed by atoms with E-state index >= 15 is 0 Å². The van der Waals surface area contributed by atoms with E-state index in [1.54, 1.807) is 0 Å². The molecule has 1 aromatic carbocycles. The van der Waals surface area contributed by atoms with E-state index in [4.69, 9.17) is 14.2 Å². The van der Waals surface area contributed by atoms with Crippen molar-refractivity contribution in [3.8, 4) is 5.75 Å². The van der Waals surface area contributed by atoms with Crippen molar-refractivity contribution in [1.82, 2.24) is 10.6 Å². The lowest BCUT2D eigenvalue weighted by Gasteiger charge is -2.21. The average molecular weight is 377 g/mol. The van der Waals surface area contributed by atoms with E-state index in [1.807, 2.05) is 12.2 Å². The molecule has 2 N–H and O–H groups in total. The number of nitrogens with one attached hydrogen (secondary N) is 2. The van der Waals surface area contributed by atoms with Gasteiger partial charge in [-0.15, -0.1) is 0 Å². The molecule has 0 bridgehead atoms. The molecule has 27 heavy (non-hydrogen) atoms. The Morgan fingerprint density at radius 2 is 2.04 bits per heavy atom. The van der Waals surface area contributed by atoms with Gasteiger partial charge in [-0.3, -0.25) is 20.2 Å². The van der Waals surface area contributed by atoms with Crippen molar-refractivity contribution in [3.05, 3.63) is 39.6 Å². The zero-order chi connectivity index (χ0) is 19.4. The van der Waals surface area contributed by atoms with Gasteiger partial charge < -0.3 is 19.5 Å². The molecule has 0 saturated carbocycles. The van der Waals surface area contributed by atoms with Crippen LogP contribution in [0.2, 0.25) is 0 Å². The maximum absolute atomic E-state index is 11.6. The van der Waals surface area contributed by atoms with Gasteiger partial charge in [-0.05, 0) is 31.6 Å². The molecule has 0 aromatic heterocycles. The molecular formula is C17H19N3O7. The first-order valence-corrected chi connectivity index (χ1v) is 8.39. The lowest BCUT2D eigenvalue weighted by molar-refractivity contribution is -0.385. The first-order valence-electron chi connectivity index (χ1n) is 8.39. The van der Waals surface area contributed by atoms with Crippen molar-refractivity contribution < 1.29 is 28.7 Å². The molecule has 0 spiro atoms. The number of rotatable bonds is 7. The van der Waals surface area contributed by atoms with Crippen molar-refractivity contribution in [2.24, 2.45) is 0 Å². The van der Waals surface area contributed by atoms with Gasteiger partial charge in [0.1, 0.15) is 11.4 Å². The summed E-state index contributed by atoms with van der Waals surface area (Å²) in [5, 5.41) is 15.6. The van der Waals surface area contributed by atoms with Crippen molar-refractivity contribution in [3.63, 3.8) is 0 Å². The third kappa shape index (κ3) is 4.60. The van der Waals surface area contributed by atoms with Crippen molar-refractivity contribution >= 4 is 23.7 Å². The van der Waals surface area contributed by atoms with Crippen LogP contribution in [0.1, 0.15) is 25.3 Å². The standard InChI is InChI=1S/C17H19N3O7/c1-17(26-7-8-27-17)5-2-6-25-12-3-4-14(20(23)24)11(9-12)10-13-15(21)19-16(22)18-13/h3-4,9-10H,2,5-8H2,1H3,(H2,18,19,21,22)/b13-10+. The molecule has 3 amide bonds. The zero-order valence-corrected chi connectivity index (χ0v) is 14.6. The minimum atomic E-state index is -0.675. The minimum Gasteiger partial charge on any atom is -0.494 e. The number of urea groups is 1. The van der Waals surface area contributed by atoms with E-state index in [9.17, 15) is 19.7 Å². The molecule has 2 aliphatic rings. The summed E-state index contributed by atoms with van der Waals surface area (Å²) in [6.45, 7) is 3.38. The summed E-state index contributed by atoms with van der Waals surface area (Å²) in [5.74, 6) is -0.830. The highest BCUT2D eigenvalue weighted by molar-refractivity contribution is 6.14. The molecule has 3 rings (SSSR count). The summed E-state index contributed by atoms with van der Waals surface area (Å²) in [7, 11) is 0. The van der Waals surface area contributed by atoms with Crippen LogP contribution in [0.4, 0.5) is 10.5 Å². The largest absolute Gasteiger partial charge is 0.494 e.